The van der Waals surface area contributed by atoms with Gasteiger partial charge in [-0.1, -0.05) is 0 Å². The molecule has 98 valence electrons. The van der Waals surface area contributed by atoms with E-state index in [1.165, 1.54) is 11.9 Å². The number of carbonyl (C=O) groups is 2. The molecule has 1 fully saturated rings. The molecule has 6 nitrogen and oxygen atoms in total. The summed E-state index contributed by atoms with van der Waals surface area (Å²) in [7, 11) is 0. The number of hydrogen-bond acceptors (Lipinski definition) is 4. The van der Waals surface area contributed by atoms with Crippen LogP contribution in [-0.2, 0) is 9.59 Å². The number of hydroxylamine groups is 1. The molecule has 1 rings (SSSR count). The molecule has 0 bridgehead atoms. The average Bonchev–Trinajstić information content (AvgIpc) is 2.38. The molecule has 0 radical (unpaired) electrons. The number of rotatable bonds is 5. The summed E-state index contributed by atoms with van der Waals surface area (Å²) in [5.74, 6) is -0.461. The van der Waals surface area contributed by atoms with Crippen molar-refractivity contribution in [2.45, 2.75) is 44.6 Å². The Hall–Kier alpha value is -1.14. The molecule has 0 aromatic carbocycles. The Kier molecular flexibility index (Phi) is 5.93. The first-order chi connectivity index (χ1) is 8.15. The highest BCUT2D eigenvalue weighted by molar-refractivity contribution is 5.80. The van der Waals surface area contributed by atoms with Crippen LogP contribution in [0.25, 0.3) is 0 Å². The fraction of sp³-hybridized carbons (Fsp3) is 0.818. The zero-order valence-corrected chi connectivity index (χ0v) is 10.0. The Morgan fingerprint density at radius 3 is 2.53 bits per heavy atom. The highest BCUT2D eigenvalue weighted by Crippen LogP contribution is 2.11. The lowest BCUT2D eigenvalue weighted by Gasteiger charge is -2.26. The highest BCUT2D eigenvalue weighted by atomic mass is 16.5. The highest BCUT2D eigenvalue weighted by Gasteiger charge is 2.17. The number of nitrogens with zero attached hydrogens (tertiary/aromatic N) is 1. The lowest BCUT2D eigenvalue weighted by Crippen LogP contribution is -2.39. The van der Waals surface area contributed by atoms with E-state index in [0.29, 0.717) is 19.3 Å². The van der Waals surface area contributed by atoms with Gasteiger partial charge in [-0.05, 0) is 32.1 Å². The Labute approximate surface area is 101 Å². The third-order valence-corrected chi connectivity index (χ3v) is 3.06. The van der Waals surface area contributed by atoms with E-state index in [2.05, 4.69) is 0 Å². The van der Waals surface area contributed by atoms with Gasteiger partial charge in [-0.2, -0.15) is 0 Å². The summed E-state index contributed by atoms with van der Waals surface area (Å²) < 4.78 is 0. The van der Waals surface area contributed by atoms with E-state index in [0.717, 1.165) is 25.9 Å². The van der Waals surface area contributed by atoms with Gasteiger partial charge in [0.1, 0.15) is 0 Å². The van der Waals surface area contributed by atoms with Gasteiger partial charge in [-0.25, -0.2) is 5.48 Å². The Morgan fingerprint density at radius 1 is 1.29 bits per heavy atom. The van der Waals surface area contributed by atoms with Gasteiger partial charge in [0.25, 0.3) is 5.91 Å². The van der Waals surface area contributed by atoms with Crippen molar-refractivity contribution in [1.82, 2.24) is 10.4 Å². The maximum absolute atomic E-state index is 11.8. The second-order valence-corrected chi connectivity index (χ2v) is 4.42. The molecule has 1 aliphatic rings. The normalized spacial score (nSPS) is 17.6. The minimum Gasteiger partial charge on any atom is -0.343 e. The van der Waals surface area contributed by atoms with Gasteiger partial charge in [0, 0.05) is 19.5 Å². The lowest BCUT2D eigenvalue weighted by molar-refractivity contribution is -0.133. The molecule has 0 saturated carbocycles. The fourth-order valence-electron chi connectivity index (χ4n) is 1.99. The van der Waals surface area contributed by atoms with Crippen molar-refractivity contribution < 1.29 is 14.8 Å². The van der Waals surface area contributed by atoms with Crippen molar-refractivity contribution >= 4 is 11.8 Å². The number of likely N-dealkylation sites (tertiary alicyclic amines) is 1. The minimum atomic E-state index is -0.742. The first-order valence-corrected chi connectivity index (χ1v) is 6.12. The molecule has 6 heteroatoms. The van der Waals surface area contributed by atoms with Crippen LogP contribution < -0.4 is 11.2 Å². The molecule has 0 aliphatic carbocycles. The van der Waals surface area contributed by atoms with E-state index in [-0.39, 0.29) is 5.91 Å². The summed E-state index contributed by atoms with van der Waals surface area (Å²) >= 11 is 0. The largest absolute Gasteiger partial charge is 0.343 e. The average molecular weight is 243 g/mol. The van der Waals surface area contributed by atoms with E-state index in [4.69, 9.17) is 10.9 Å². The van der Waals surface area contributed by atoms with E-state index in [1.807, 2.05) is 4.90 Å². The van der Waals surface area contributed by atoms with Gasteiger partial charge >= 0.3 is 0 Å². The van der Waals surface area contributed by atoms with Crippen molar-refractivity contribution in [1.29, 1.82) is 0 Å². The number of carbonyl (C=O) groups excluding carboxylic acids is 2. The molecule has 1 atom stereocenters. The molecule has 1 heterocycles. The second kappa shape index (κ2) is 7.24. The third kappa shape index (κ3) is 4.70. The molecule has 2 amide bonds. The number of nitrogens with one attached hydrogen (secondary N) is 1. The molecular formula is C11H21N3O3. The minimum absolute atomic E-state index is 0.140. The monoisotopic (exact) mass is 243 g/mol. The molecule has 0 aromatic heterocycles. The quantitative estimate of drug-likeness (QED) is 0.468. The van der Waals surface area contributed by atoms with Crippen LogP contribution in [0.2, 0.25) is 0 Å². The van der Waals surface area contributed by atoms with Gasteiger partial charge in [0.15, 0.2) is 0 Å². The number of nitrogens with two attached hydrogens (primary N) is 1. The summed E-state index contributed by atoms with van der Waals surface area (Å²) in [6, 6.07) is -0.742. The van der Waals surface area contributed by atoms with E-state index >= 15 is 0 Å². The van der Waals surface area contributed by atoms with Crippen molar-refractivity contribution in [3.8, 4) is 0 Å². The Bertz CT molecular complexity index is 265. The van der Waals surface area contributed by atoms with Crippen LogP contribution in [-0.4, -0.2) is 41.1 Å². The van der Waals surface area contributed by atoms with Crippen LogP contribution in [0.5, 0.6) is 0 Å². The molecule has 17 heavy (non-hydrogen) atoms. The predicted molar refractivity (Wildman–Crippen MR) is 62.2 cm³/mol. The second-order valence-electron chi connectivity index (χ2n) is 4.42. The van der Waals surface area contributed by atoms with Crippen molar-refractivity contribution in [3.63, 3.8) is 0 Å². The van der Waals surface area contributed by atoms with Crippen LogP contribution in [0.1, 0.15) is 38.5 Å². The summed E-state index contributed by atoms with van der Waals surface area (Å²) in [5.41, 5.74) is 7.00. The van der Waals surface area contributed by atoms with Crippen LogP contribution in [0, 0.1) is 0 Å². The van der Waals surface area contributed by atoms with Crippen LogP contribution in [0.4, 0.5) is 0 Å². The summed E-state index contributed by atoms with van der Waals surface area (Å²) in [6.45, 7) is 1.70. The number of piperidine rings is 1. The first kappa shape index (κ1) is 13.9. The molecule has 1 aliphatic heterocycles. The van der Waals surface area contributed by atoms with E-state index < -0.39 is 11.9 Å². The van der Waals surface area contributed by atoms with E-state index in [9.17, 15) is 9.59 Å². The zero-order valence-electron chi connectivity index (χ0n) is 10.0. The smallest absolute Gasteiger partial charge is 0.260 e. The topological polar surface area (TPSA) is 95.7 Å². The third-order valence-electron chi connectivity index (χ3n) is 3.06. The van der Waals surface area contributed by atoms with Gasteiger partial charge in [0.2, 0.25) is 5.91 Å². The first-order valence-electron chi connectivity index (χ1n) is 6.12. The molecule has 1 saturated heterocycles. The maximum Gasteiger partial charge on any atom is 0.260 e. The SMILES string of the molecule is N[C@@H](CCCC(=O)N1CCCCC1)C(=O)NO. The zero-order chi connectivity index (χ0) is 12.7. The Morgan fingerprint density at radius 2 is 1.94 bits per heavy atom. The van der Waals surface area contributed by atoms with Crippen molar-refractivity contribution in [3.05, 3.63) is 0 Å². The summed E-state index contributed by atoms with van der Waals surface area (Å²) in [6.07, 6.45) is 4.77. The molecule has 0 aromatic rings. The van der Waals surface area contributed by atoms with Gasteiger partial charge in [-0.15, -0.1) is 0 Å². The Balaban J connectivity index is 2.17. The molecule has 0 spiro atoms. The van der Waals surface area contributed by atoms with Crippen LogP contribution >= 0.6 is 0 Å². The van der Waals surface area contributed by atoms with Gasteiger partial charge < -0.3 is 10.6 Å². The molecule has 4 N–H and O–H groups in total. The maximum atomic E-state index is 11.8. The standard InChI is InChI=1S/C11H21N3O3/c12-9(11(16)13-17)5-4-6-10(15)14-7-2-1-3-8-14/h9,17H,1-8,12H2,(H,13,16)/t9-/m0/s1. The fourth-order valence-corrected chi connectivity index (χ4v) is 1.99. The summed E-state index contributed by atoms with van der Waals surface area (Å²) in [4.78, 5) is 24.5. The van der Waals surface area contributed by atoms with Crippen LogP contribution in [0.15, 0.2) is 0 Å². The summed E-state index contributed by atoms with van der Waals surface area (Å²) in [5, 5.41) is 8.36. The number of amides is 2. The van der Waals surface area contributed by atoms with E-state index in [1.54, 1.807) is 0 Å². The number of hydrogen-bond donors (Lipinski definition) is 3. The predicted octanol–water partition coefficient (Wildman–Crippen LogP) is 0.00190. The van der Waals surface area contributed by atoms with Crippen LogP contribution in [0.3, 0.4) is 0 Å². The lowest BCUT2D eigenvalue weighted by atomic mass is 10.1. The molecule has 0 unspecified atom stereocenters. The van der Waals surface area contributed by atoms with Gasteiger partial charge in [-0.3, -0.25) is 14.8 Å². The van der Waals surface area contributed by atoms with Gasteiger partial charge in [0.05, 0.1) is 6.04 Å². The van der Waals surface area contributed by atoms with Crippen molar-refractivity contribution in [2.75, 3.05) is 13.1 Å². The van der Waals surface area contributed by atoms with Crippen molar-refractivity contribution in [2.24, 2.45) is 5.73 Å². The molecular weight excluding hydrogens is 222 g/mol.